The zero-order valence-electron chi connectivity index (χ0n) is 25.3. The van der Waals surface area contributed by atoms with E-state index in [1.807, 2.05) is 54.7 Å². The summed E-state index contributed by atoms with van der Waals surface area (Å²) in [6.45, 7) is 0. The second-order valence-corrected chi connectivity index (χ2v) is 11.4. The normalized spacial score (nSPS) is 11.0. The molecule has 0 fully saturated rings. The molecule has 220 valence electrons. The molecule has 0 amide bonds. The van der Waals surface area contributed by atoms with Crippen molar-refractivity contribution in [2.75, 3.05) is 0 Å². The van der Waals surface area contributed by atoms with Crippen molar-refractivity contribution in [2.24, 2.45) is 0 Å². The van der Waals surface area contributed by atoms with E-state index in [1.54, 1.807) is 6.20 Å². The molecule has 8 aromatic rings. The summed E-state index contributed by atoms with van der Waals surface area (Å²) in [6, 6.07) is 53.8. The van der Waals surface area contributed by atoms with Crippen LogP contribution < -0.4 is 0 Å². The number of hydrogen-bond acceptors (Lipinski definition) is 4. The van der Waals surface area contributed by atoms with Crippen molar-refractivity contribution in [3.63, 3.8) is 0 Å². The first-order chi connectivity index (χ1) is 23.2. The van der Waals surface area contributed by atoms with E-state index >= 15 is 0 Å². The first-order valence-corrected chi connectivity index (χ1v) is 15.4. The van der Waals surface area contributed by atoms with E-state index in [-0.39, 0.29) is 0 Å². The molecule has 8 rings (SSSR count). The van der Waals surface area contributed by atoms with Gasteiger partial charge in [0.1, 0.15) is 5.52 Å². The minimum Gasteiger partial charge on any atom is -0.436 e. The van der Waals surface area contributed by atoms with Crippen LogP contribution >= 0.6 is 0 Å². The molecular weight excluding hydrogens is 574 g/mol. The number of nitrogens with zero attached hydrogens (tertiary/aromatic N) is 3. The van der Waals surface area contributed by atoms with Gasteiger partial charge in [0.15, 0.2) is 5.58 Å². The van der Waals surface area contributed by atoms with Gasteiger partial charge >= 0.3 is 0 Å². The molecule has 2 aromatic heterocycles. The van der Waals surface area contributed by atoms with Crippen molar-refractivity contribution in [3.8, 4) is 73.2 Å². The summed E-state index contributed by atoms with van der Waals surface area (Å²) in [5.74, 6) is 0.587. The molecule has 0 bridgehead atoms. The molecule has 0 aliphatic heterocycles. The van der Waals surface area contributed by atoms with Crippen LogP contribution in [0.25, 0.3) is 78.2 Å². The van der Waals surface area contributed by atoms with Crippen LogP contribution in [0.15, 0.2) is 168 Å². The lowest BCUT2D eigenvalue weighted by atomic mass is 9.96. The average molecular weight is 602 g/mol. The number of fused-ring (bicyclic) bond motifs is 1. The highest BCUT2D eigenvalue weighted by atomic mass is 16.3. The molecule has 0 saturated carbocycles. The summed E-state index contributed by atoms with van der Waals surface area (Å²) in [7, 11) is 0. The molecule has 0 aliphatic rings. The van der Waals surface area contributed by atoms with Crippen LogP contribution in [-0.4, -0.2) is 9.97 Å². The molecule has 0 unspecified atom stereocenters. The number of aromatic nitrogens is 2. The number of benzene rings is 6. The van der Waals surface area contributed by atoms with E-state index in [0.717, 1.165) is 72.3 Å². The summed E-state index contributed by atoms with van der Waals surface area (Å²) < 4.78 is 6.46. The highest BCUT2D eigenvalue weighted by molar-refractivity contribution is 5.96. The van der Waals surface area contributed by atoms with Crippen LogP contribution in [0.1, 0.15) is 5.56 Å². The Morgan fingerprint density at radius 1 is 0.468 bits per heavy atom. The van der Waals surface area contributed by atoms with Crippen LogP contribution in [0.3, 0.4) is 0 Å². The van der Waals surface area contributed by atoms with E-state index in [1.165, 1.54) is 0 Å². The summed E-state index contributed by atoms with van der Waals surface area (Å²) in [5.41, 5.74) is 14.1. The zero-order valence-corrected chi connectivity index (χ0v) is 25.3. The molecule has 0 N–H and O–H groups in total. The molecule has 0 radical (unpaired) electrons. The predicted octanol–water partition coefficient (Wildman–Crippen LogP) is 11.1. The second-order valence-electron chi connectivity index (χ2n) is 11.4. The molecule has 0 saturated heterocycles. The van der Waals surface area contributed by atoms with E-state index < -0.39 is 0 Å². The van der Waals surface area contributed by atoms with E-state index in [9.17, 15) is 0 Å². The summed E-state index contributed by atoms with van der Waals surface area (Å²) >= 11 is 0. The van der Waals surface area contributed by atoms with Crippen LogP contribution in [0.4, 0.5) is 0 Å². The Bertz CT molecular complexity index is 2350. The fraction of sp³-hybridized carbons (Fsp3) is 0. The van der Waals surface area contributed by atoms with E-state index in [2.05, 4.69) is 114 Å². The van der Waals surface area contributed by atoms with Gasteiger partial charge < -0.3 is 4.42 Å². The minimum absolute atomic E-state index is 0.587. The van der Waals surface area contributed by atoms with Gasteiger partial charge in [-0.3, -0.25) is 4.98 Å². The van der Waals surface area contributed by atoms with Gasteiger partial charge in [-0.25, -0.2) is 4.98 Å². The predicted molar refractivity (Wildman–Crippen MR) is 189 cm³/mol. The van der Waals surface area contributed by atoms with Gasteiger partial charge in [0.05, 0.1) is 11.6 Å². The first-order valence-electron chi connectivity index (χ1n) is 15.4. The maximum atomic E-state index is 9.08. The number of rotatable bonds is 6. The summed E-state index contributed by atoms with van der Waals surface area (Å²) in [5, 5.41) is 9.08. The van der Waals surface area contributed by atoms with Crippen molar-refractivity contribution in [2.45, 2.75) is 0 Å². The highest BCUT2D eigenvalue weighted by Crippen LogP contribution is 2.37. The lowest BCUT2D eigenvalue weighted by Crippen LogP contribution is -1.85. The number of nitriles is 1. The van der Waals surface area contributed by atoms with Gasteiger partial charge in [-0.2, -0.15) is 5.26 Å². The van der Waals surface area contributed by atoms with Crippen molar-refractivity contribution in [3.05, 3.63) is 170 Å². The van der Waals surface area contributed by atoms with Gasteiger partial charge in [0.2, 0.25) is 5.89 Å². The van der Waals surface area contributed by atoms with Crippen molar-refractivity contribution in [1.29, 1.82) is 5.26 Å². The maximum absolute atomic E-state index is 9.08. The zero-order chi connectivity index (χ0) is 31.6. The third kappa shape index (κ3) is 5.59. The Morgan fingerprint density at radius 3 is 1.53 bits per heavy atom. The van der Waals surface area contributed by atoms with Gasteiger partial charge in [-0.1, -0.05) is 109 Å². The Labute approximate surface area is 272 Å². The Balaban J connectivity index is 1.11. The second kappa shape index (κ2) is 12.1. The van der Waals surface area contributed by atoms with Crippen molar-refractivity contribution < 1.29 is 4.42 Å². The Hall–Kier alpha value is -6.57. The van der Waals surface area contributed by atoms with Gasteiger partial charge in [-0.15, -0.1) is 0 Å². The molecule has 4 heteroatoms. The highest BCUT2D eigenvalue weighted by Gasteiger charge is 2.16. The molecule has 2 heterocycles. The molecule has 6 aromatic carbocycles. The standard InChI is InChI=1S/C43H27N3O/c44-27-29-8-10-30(11-9-29)31-12-14-32(15-13-31)33-20-22-37(23-21-33)43-46-42-40(36-5-2-1-3-6-36)25-39(26-41(42)47-43)35-18-16-34(17-19-35)38-7-4-24-45-28-38/h1-26,28H. The maximum Gasteiger partial charge on any atom is 0.227 e. The molecule has 0 aliphatic carbocycles. The van der Waals surface area contributed by atoms with Crippen molar-refractivity contribution in [1.82, 2.24) is 9.97 Å². The topological polar surface area (TPSA) is 62.7 Å². The van der Waals surface area contributed by atoms with Crippen LogP contribution in [-0.2, 0) is 0 Å². The number of oxazole rings is 1. The molecule has 0 spiro atoms. The van der Waals surface area contributed by atoms with E-state index in [0.29, 0.717) is 11.5 Å². The minimum atomic E-state index is 0.587. The third-order valence-electron chi connectivity index (χ3n) is 8.49. The van der Waals surface area contributed by atoms with Gasteiger partial charge in [-0.05, 0) is 92.5 Å². The molecule has 47 heavy (non-hydrogen) atoms. The largest absolute Gasteiger partial charge is 0.436 e. The molecular formula is C43H27N3O. The summed E-state index contributed by atoms with van der Waals surface area (Å²) in [4.78, 5) is 9.27. The average Bonchev–Trinajstić information content (AvgIpc) is 3.60. The third-order valence-corrected chi connectivity index (χ3v) is 8.49. The fourth-order valence-corrected chi connectivity index (χ4v) is 5.94. The van der Waals surface area contributed by atoms with Crippen LogP contribution in [0.5, 0.6) is 0 Å². The molecule has 0 atom stereocenters. The van der Waals surface area contributed by atoms with E-state index in [4.69, 9.17) is 14.7 Å². The smallest absolute Gasteiger partial charge is 0.227 e. The lowest BCUT2D eigenvalue weighted by molar-refractivity contribution is 0.620. The quantitative estimate of drug-likeness (QED) is 0.190. The van der Waals surface area contributed by atoms with Crippen LogP contribution in [0.2, 0.25) is 0 Å². The SMILES string of the molecule is N#Cc1ccc(-c2ccc(-c3ccc(-c4nc5c(-c6ccccc6)cc(-c6ccc(-c7cccnc7)cc6)cc5o4)cc3)cc2)cc1. The Kier molecular flexibility index (Phi) is 7.18. The Morgan fingerprint density at radius 2 is 0.979 bits per heavy atom. The lowest BCUT2D eigenvalue weighted by Gasteiger charge is -2.08. The summed E-state index contributed by atoms with van der Waals surface area (Å²) in [6.07, 6.45) is 3.67. The van der Waals surface area contributed by atoms with Crippen LogP contribution in [0, 0.1) is 11.3 Å². The first kappa shape index (κ1) is 27.9. The van der Waals surface area contributed by atoms with Crippen molar-refractivity contribution >= 4 is 11.1 Å². The number of pyridine rings is 1. The van der Waals surface area contributed by atoms with Gasteiger partial charge in [0, 0.05) is 23.5 Å². The number of hydrogen-bond donors (Lipinski definition) is 0. The monoisotopic (exact) mass is 601 g/mol. The fourth-order valence-electron chi connectivity index (χ4n) is 5.94. The molecule has 4 nitrogen and oxygen atoms in total. The van der Waals surface area contributed by atoms with Gasteiger partial charge in [0.25, 0.3) is 0 Å².